The average molecular weight is 368 g/mol. The van der Waals surface area contributed by atoms with E-state index in [9.17, 15) is 4.79 Å². The van der Waals surface area contributed by atoms with Crippen LogP contribution in [0.3, 0.4) is 0 Å². The number of anilines is 1. The van der Waals surface area contributed by atoms with Crippen LogP contribution in [-0.2, 0) is 10.2 Å². The topological polar surface area (TPSA) is 50.8 Å². The largest absolute Gasteiger partial charge is 0.492 e. The maximum atomic E-state index is 12.5. The Hall–Kier alpha value is -2.53. The van der Waals surface area contributed by atoms with Crippen molar-refractivity contribution < 1.29 is 14.3 Å². The van der Waals surface area contributed by atoms with Gasteiger partial charge in [0.15, 0.2) is 0 Å². The molecule has 1 saturated heterocycles. The molecule has 1 atom stereocenters. The summed E-state index contributed by atoms with van der Waals surface area (Å²) in [5.41, 5.74) is 1.67. The van der Waals surface area contributed by atoms with Crippen molar-refractivity contribution in [3.05, 3.63) is 60.2 Å². The molecule has 1 N–H and O–H groups in total. The van der Waals surface area contributed by atoms with Crippen molar-refractivity contribution >= 4 is 11.8 Å². The van der Waals surface area contributed by atoms with Crippen LogP contribution in [-0.4, -0.2) is 44.3 Å². The van der Waals surface area contributed by atoms with Gasteiger partial charge in [-0.2, -0.15) is 0 Å². The minimum atomic E-state index is -0.453. The predicted molar refractivity (Wildman–Crippen MR) is 107 cm³/mol. The van der Waals surface area contributed by atoms with Gasteiger partial charge in [-0.1, -0.05) is 42.5 Å². The van der Waals surface area contributed by atoms with Gasteiger partial charge >= 0.3 is 6.09 Å². The highest BCUT2D eigenvalue weighted by atomic mass is 16.5. The molecule has 3 rings (SSSR count). The molecule has 0 bridgehead atoms. The van der Waals surface area contributed by atoms with Gasteiger partial charge in [0.25, 0.3) is 0 Å². The van der Waals surface area contributed by atoms with Crippen LogP contribution >= 0.6 is 0 Å². The molecule has 0 spiro atoms. The van der Waals surface area contributed by atoms with E-state index in [-0.39, 0.29) is 5.41 Å². The molecule has 1 amide bonds. The number of likely N-dealkylation sites (tertiary alicyclic amines) is 1. The van der Waals surface area contributed by atoms with Gasteiger partial charge in [0.05, 0.1) is 12.3 Å². The normalized spacial score (nSPS) is 20.1. The Balaban J connectivity index is 1.70. The molecule has 27 heavy (non-hydrogen) atoms. The lowest BCUT2D eigenvalue weighted by Gasteiger charge is -2.41. The van der Waals surface area contributed by atoms with E-state index in [1.165, 1.54) is 5.56 Å². The molecule has 0 aliphatic carbocycles. The lowest BCUT2D eigenvalue weighted by atomic mass is 9.75. The van der Waals surface area contributed by atoms with Crippen molar-refractivity contribution in [2.75, 3.05) is 38.7 Å². The number of hydrogen-bond donors (Lipinski definition) is 1. The summed E-state index contributed by atoms with van der Waals surface area (Å²) >= 11 is 0. The van der Waals surface area contributed by atoms with Crippen LogP contribution in [0, 0.1) is 0 Å². The molecule has 1 aliphatic heterocycles. The van der Waals surface area contributed by atoms with Crippen molar-refractivity contribution in [3.8, 4) is 5.75 Å². The zero-order chi connectivity index (χ0) is 19.1. The Morgan fingerprint density at radius 3 is 2.63 bits per heavy atom. The zero-order valence-electron chi connectivity index (χ0n) is 16.1. The highest BCUT2D eigenvalue weighted by Gasteiger charge is 2.37. The third-order valence-electron chi connectivity index (χ3n) is 5.06. The number of carbonyl (C=O) groups is 1. The SMILES string of the molecule is CCOc1ccccc1NC(=O)OC[C@@]1(c2ccccc2)CCCN(C)C1. The van der Waals surface area contributed by atoms with Crippen LogP contribution in [0.2, 0.25) is 0 Å². The van der Waals surface area contributed by atoms with Gasteiger partial charge < -0.3 is 14.4 Å². The summed E-state index contributed by atoms with van der Waals surface area (Å²) in [5.74, 6) is 0.645. The van der Waals surface area contributed by atoms with Gasteiger partial charge in [0, 0.05) is 12.0 Å². The van der Waals surface area contributed by atoms with E-state index in [0.29, 0.717) is 24.7 Å². The van der Waals surface area contributed by atoms with Crippen LogP contribution in [0.25, 0.3) is 0 Å². The van der Waals surface area contributed by atoms with Crippen molar-refractivity contribution in [1.29, 1.82) is 0 Å². The highest BCUT2D eigenvalue weighted by molar-refractivity contribution is 5.86. The summed E-state index contributed by atoms with van der Waals surface area (Å²) in [6.45, 7) is 4.75. The molecule has 2 aromatic carbocycles. The molecule has 1 aliphatic rings. The summed E-state index contributed by atoms with van der Waals surface area (Å²) in [6, 6.07) is 17.8. The molecule has 0 aromatic heterocycles. The van der Waals surface area contributed by atoms with Crippen molar-refractivity contribution in [1.82, 2.24) is 4.90 Å². The number of piperidine rings is 1. The lowest BCUT2D eigenvalue weighted by Crippen LogP contribution is -2.47. The molecule has 1 heterocycles. The van der Waals surface area contributed by atoms with Gasteiger partial charge in [-0.25, -0.2) is 4.79 Å². The third kappa shape index (κ3) is 4.80. The number of rotatable bonds is 6. The van der Waals surface area contributed by atoms with Crippen LogP contribution in [0.4, 0.5) is 10.5 Å². The molecule has 5 heteroatoms. The number of nitrogens with one attached hydrogen (secondary N) is 1. The first-order chi connectivity index (χ1) is 13.1. The van der Waals surface area contributed by atoms with Gasteiger partial charge in [-0.05, 0) is 51.1 Å². The maximum absolute atomic E-state index is 12.5. The van der Waals surface area contributed by atoms with Crippen LogP contribution in [0.1, 0.15) is 25.3 Å². The molecular weight excluding hydrogens is 340 g/mol. The number of hydrogen-bond acceptors (Lipinski definition) is 4. The number of benzene rings is 2. The Morgan fingerprint density at radius 2 is 1.89 bits per heavy atom. The monoisotopic (exact) mass is 368 g/mol. The summed E-state index contributed by atoms with van der Waals surface area (Å²) in [5, 5.41) is 2.82. The number of amides is 1. The number of carbonyl (C=O) groups excluding carboxylic acids is 1. The molecule has 5 nitrogen and oxygen atoms in total. The molecule has 1 fully saturated rings. The van der Waals surface area contributed by atoms with Crippen LogP contribution in [0.5, 0.6) is 5.75 Å². The number of ether oxygens (including phenoxy) is 2. The Bertz CT molecular complexity index is 750. The molecule has 144 valence electrons. The van der Waals surface area contributed by atoms with E-state index < -0.39 is 6.09 Å². The van der Waals surface area contributed by atoms with Gasteiger partial charge in [0.1, 0.15) is 12.4 Å². The summed E-state index contributed by atoms with van der Waals surface area (Å²) in [7, 11) is 2.12. The fraction of sp³-hybridized carbons (Fsp3) is 0.409. The Labute approximate surface area is 161 Å². The summed E-state index contributed by atoms with van der Waals surface area (Å²) < 4.78 is 11.3. The van der Waals surface area contributed by atoms with E-state index in [4.69, 9.17) is 9.47 Å². The first kappa shape index (κ1) is 19.2. The predicted octanol–water partition coefficient (Wildman–Crippen LogP) is 4.30. The quantitative estimate of drug-likeness (QED) is 0.826. The minimum Gasteiger partial charge on any atom is -0.492 e. The zero-order valence-corrected chi connectivity index (χ0v) is 16.1. The van der Waals surface area contributed by atoms with E-state index in [1.54, 1.807) is 0 Å². The fourth-order valence-electron chi connectivity index (χ4n) is 3.79. The number of likely N-dealkylation sites (N-methyl/N-ethyl adjacent to an activating group) is 1. The summed E-state index contributed by atoms with van der Waals surface area (Å²) in [4.78, 5) is 14.8. The van der Waals surface area contributed by atoms with Crippen molar-refractivity contribution in [2.24, 2.45) is 0 Å². The van der Waals surface area contributed by atoms with Gasteiger partial charge in [-0.15, -0.1) is 0 Å². The average Bonchev–Trinajstić information content (AvgIpc) is 2.69. The highest BCUT2D eigenvalue weighted by Crippen LogP contribution is 2.34. The lowest BCUT2D eigenvalue weighted by molar-refractivity contribution is 0.0832. The van der Waals surface area contributed by atoms with E-state index in [0.717, 1.165) is 25.9 Å². The van der Waals surface area contributed by atoms with Gasteiger partial charge in [-0.3, -0.25) is 5.32 Å². The van der Waals surface area contributed by atoms with Crippen molar-refractivity contribution in [3.63, 3.8) is 0 Å². The van der Waals surface area contributed by atoms with E-state index in [2.05, 4.69) is 29.4 Å². The first-order valence-electron chi connectivity index (χ1n) is 9.53. The molecule has 0 radical (unpaired) electrons. The number of nitrogens with zero attached hydrogens (tertiary/aromatic N) is 1. The fourth-order valence-corrected chi connectivity index (χ4v) is 3.79. The molecule has 0 saturated carbocycles. The Kier molecular flexibility index (Phi) is 6.35. The molecular formula is C22H28N2O3. The third-order valence-corrected chi connectivity index (χ3v) is 5.06. The second-order valence-electron chi connectivity index (χ2n) is 7.12. The van der Waals surface area contributed by atoms with Crippen LogP contribution in [0.15, 0.2) is 54.6 Å². The molecule has 2 aromatic rings. The van der Waals surface area contributed by atoms with Crippen molar-refractivity contribution in [2.45, 2.75) is 25.2 Å². The van der Waals surface area contributed by atoms with E-state index >= 15 is 0 Å². The number of para-hydroxylation sites is 2. The minimum absolute atomic E-state index is 0.176. The smallest absolute Gasteiger partial charge is 0.411 e. The first-order valence-corrected chi connectivity index (χ1v) is 9.53. The second kappa shape index (κ2) is 8.91. The molecule has 0 unspecified atom stereocenters. The van der Waals surface area contributed by atoms with Crippen LogP contribution < -0.4 is 10.1 Å². The Morgan fingerprint density at radius 1 is 1.15 bits per heavy atom. The van der Waals surface area contributed by atoms with E-state index in [1.807, 2.05) is 49.4 Å². The van der Waals surface area contributed by atoms with Gasteiger partial charge in [0.2, 0.25) is 0 Å². The standard InChI is InChI=1S/C22H28N2O3/c1-3-26-20-13-8-7-12-19(20)23-21(25)27-17-22(14-9-15-24(2)16-22)18-10-5-4-6-11-18/h4-8,10-13H,3,9,14-17H2,1-2H3,(H,23,25)/t22-/m1/s1. The second-order valence-corrected chi connectivity index (χ2v) is 7.12. The maximum Gasteiger partial charge on any atom is 0.411 e. The summed E-state index contributed by atoms with van der Waals surface area (Å²) in [6.07, 6.45) is 1.64.